The number of nitrogens with zero attached hydrogens (tertiary/aromatic N) is 2. The van der Waals surface area contributed by atoms with Gasteiger partial charge in [0.1, 0.15) is 23.0 Å². The van der Waals surface area contributed by atoms with Crippen molar-refractivity contribution < 1.29 is 27.9 Å². The van der Waals surface area contributed by atoms with Gasteiger partial charge in [-0.15, -0.1) is 0 Å². The summed E-state index contributed by atoms with van der Waals surface area (Å²) in [5.41, 5.74) is -2.24. The fraction of sp³-hybridized carbons (Fsp3) is 0.381. The molecule has 2 bridgehead atoms. The lowest BCUT2D eigenvalue weighted by Crippen LogP contribution is -2.44. The molecule has 10 heteroatoms. The van der Waals surface area contributed by atoms with E-state index in [-0.39, 0.29) is 17.7 Å². The molecular formula is C21H20F3N3O4. The van der Waals surface area contributed by atoms with E-state index in [9.17, 15) is 32.7 Å². The van der Waals surface area contributed by atoms with Gasteiger partial charge in [0.25, 0.3) is 11.8 Å². The van der Waals surface area contributed by atoms with Crippen molar-refractivity contribution >= 4 is 11.8 Å². The van der Waals surface area contributed by atoms with Crippen LogP contribution in [0.25, 0.3) is 0 Å². The highest BCUT2D eigenvalue weighted by Gasteiger charge is 2.37. The molecule has 0 saturated carbocycles. The molecule has 0 spiro atoms. The van der Waals surface area contributed by atoms with E-state index in [0.717, 1.165) is 6.42 Å². The van der Waals surface area contributed by atoms with Crippen molar-refractivity contribution in [1.29, 1.82) is 0 Å². The molecule has 2 aliphatic rings. The monoisotopic (exact) mass is 435 g/mol. The summed E-state index contributed by atoms with van der Waals surface area (Å²) in [7, 11) is 0. The van der Waals surface area contributed by atoms with Crippen LogP contribution in [0.5, 0.6) is 5.75 Å². The average Bonchev–Trinajstić information content (AvgIpc) is 2.87. The lowest BCUT2D eigenvalue weighted by molar-refractivity contribution is 0.0677. The second-order valence-corrected chi connectivity index (χ2v) is 8.04. The Labute approximate surface area is 175 Å². The number of nitrogens with one attached hydrogen (secondary N) is 1. The lowest BCUT2D eigenvalue weighted by atomic mass is 9.99. The maximum Gasteiger partial charge on any atom is 0.274 e. The molecule has 1 aromatic carbocycles. The molecule has 4 rings (SSSR count). The van der Waals surface area contributed by atoms with E-state index >= 15 is 0 Å². The minimum atomic E-state index is -1.18. The zero-order valence-electron chi connectivity index (χ0n) is 16.6. The first-order valence-electron chi connectivity index (χ1n) is 9.86. The first-order valence-corrected chi connectivity index (χ1v) is 9.86. The molecule has 31 heavy (non-hydrogen) atoms. The van der Waals surface area contributed by atoms with Gasteiger partial charge in [0.05, 0.1) is 6.04 Å². The van der Waals surface area contributed by atoms with Gasteiger partial charge in [0.2, 0.25) is 5.43 Å². The van der Waals surface area contributed by atoms with Gasteiger partial charge >= 0.3 is 0 Å². The van der Waals surface area contributed by atoms with Crippen LogP contribution in [0.2, 0.25) is 0 Å². The highest BCUT2D eigenvalue weighted by Crippen LogP contribution is 2.33. The highest BCUT2D eigenvalue weighted by molar-refractivity contribution is 5.99. The maximum absolute atomic E-state index is 13.8. The maximum atomic E-state index is 13.8. The van der Waals surface area contributed by atoms with Crippen molar-refractivity contribution in [1.82, 2.24) is 14.8 Å². The molecule has 7 nitrogen and oxygen atoms in total. The van der Waals surface area contributed by atoms with Crippen molar-refractivity contribution in [2.45, 2.75) is 32.4 Å². The Morgan fingerprint density at radius 3 is 2.58 bits per heavy atom. The molecule has 2 N–H and O–H groups in total. The summed E-state index contributed by atoms with van der Waals surface area (Å²) in [6, 6.07) is 0.735. The number of rotatable bonds is 3. The number of carbonyl (C=O) groups is 2. The zero-order valence-corrected chi connectivity index (χ0v) is 16.6. The van der Waals surface area contributed by atoms with Crippen molar-refractivity contribution in [3.05, 3.63) is 62.8 Å². The minimum Gasteiger partial charge on any atom is -0.503 e. The summed E-state index contributed by atoms with van der Waals surface area (Å²) in [4.78, 5) is 39.5. The van der Waals surface area contributed by atoms with Crippen LogP contribution in [0.15, 0.2) is 23.1 Å². The number of carbonyl (C=O) groups excluding carboxylic acids is 2. The number of hydrogen-bond acceptors (Lipinski definition) is 4. The number of aromatic nitrogens is 1. The average molecular weight is 435 g/mol. The molecule has 1 saturated heterocycles. The Hall–Kier alpha value is -3.30. The van der Waals surface area contributed by atoms with E-state index in [1.165, 1.54) is 10.8 Å². The number of pyridine rings is 1. The third-order valence-electron chi connectivity index (χ3n) is 5.87. The van der Waals surface area contributed by atoms with E-state index in [4.69, 9.17) is 0 Å². The van der Waals surface area contributed by atoms with Crippen molar-refractivity contribution in [2.24, 2.45) is 5.92 Å². The second kappa shape index (κ2) is 7.75. The summed E-state index contributed by atoms with van der Waals surface area (Å²) in [5.74, 6) is -5.46. The fourth-order valence-corrected chi connectivity index (χ4v) is 4.20. The molecule has 1 aromatic heterocycles. The molecule has 3 heterocycles. The van der Waals surface area contributed by atoms with Gasteiger partial charge in [-0.3, -0.25) is 14.4 Å². The predicted molar refractivity (Wildman–Crippen MR) is 103 cm³/mol. The molecule has 2 atom stereocenters. The number of fused-ring (bicyclic) bond motifs is 4. The topological polar surface area (TPSA) is 91.6 Å². The smallest absolute Gasteiger partial charge is 0.274 e. The van der Waals surface area contributed by atoms with Gasteiger partial charge in [0, 0.05) is 43.5 Å². The quantitative estimate of drug-likeness (QED) is 0.774. The Bertz CT molecular complexity index is 1120. The van der Waals surface area contributed by atoms with Gasteiger partial charge in [-0.25, -0.2) is 13.2 Å². The van der Waals surface area contributed by atoms with E-state index in [1.807, 2.05) is 6.92 Å². The molecule has 164 valence electrons. The van der Waals surface area contributed by atoms with Crippen molar-refractivity contribution in [2.75, 3.05) is 13.1 Å². The molecular weight excluding hydrogens is 415 g/mol. The van der Waals surface area contributed by atoms with E-state index in [0.29, 0.717) is 31.6 Å². The van der Waals surface area contributed by atoms with Crippen LogP contribution in [0.3, 0.4) is 0 Å². The third kappa shape index (κ3) is 3.66. The summed E-state index contributed by atoms with van der Waals surface area (Å²) < 4.78 is 42.1. The minimum absolute atomic E-state index is 0.164. The zero-order chi connectivity index (χ0) is 22.4. The molecule has 2 amide bonds. The number of benzene rings is 1. The first-order chi connectivity index (χ1) is 14.7. The van der Waals surface area contributed by atoms with Crippen molar-refractivity contribution in [3.8, 4) is 5.75 Å². The second-order valence-electron chi connectivity index (χ2n) is 8.04. The number of aromatic hydroxyl groups is 1. The Morgan fingerprint density at radius 2 is 1.90 bits per heavy atom. The van der Waals surface area contributed by atoms with Crippen LogP contribution in [0.4, 0.5) is 13.2 Å². The standard InChI is InChI=1S/C21H20F3N3O4/c1-10-2-3-26-8-12(4-10)27-9-14(18(28)19(29)17(27)21(26)31)20(30)25-7-13-15(23)5-11(22)6-16(13)24/h5-6,9-10,12,29H,2-4,7-8H2,1H3,(H,25,30)/t10?,12-/m0/s1. The Balaban J connectivity index is 1.68. The van der Waals surface area contributed by atoms with Crippen LogP contribution in [-0.2, 0) is 6.54 Å². The largest absolute Gasteiger partial charge is 0.503 e. The number of halogens is 3. The van der Waals surface area contributed by atoms with Gasteiger partial charge < -0.3 is 19.9 Å². The summed E-state index contributed by atoms with van der Waals surface area (Å²) in [6.07, 6.45) is 2.68. The van der Waals surface area contributed by atoms with Gasteiger partial charge in [-0.05, 0) is 18.8 Å². The first kappa shape index (κ1) is 21.0. The molecule has 0 aliphatic carbocycles. The van der Waals surface area contributed by atoms with Crippen LogP contribution in [0.1, 0.15) is 52.2 Å². The lowest BCUT2D eigenvalue weighted by Gasteiger charge is -2.34. The molecule has 1 fully saturated rings. The van der Waals surface area contributed by atoms with Crippen molar-refractivity contribution in [3.63, 3.8) is 0 Å². The molecule has 1 unspecified atom stereocenters. The molecule has 0 radical (unpaired) electrons. The van der Waals surface area contributed by atoms with E-state index < -0.39 is 58.1 Å². The van der Waals surface area contributed by atoms with E-state index in [1.54, 1.807) is 4.90 Å². The number of hydrogen-bond donors (Lipinski definition) is 2. The van der Waals surface area contributed by atoms with Gasteiger partial charge in [0.15, 0.2) is 11.4 Å². The van der Waals surface area contributed by atoms with Crippen LogP contribution < -0.4 is 10.7 Å². The third-order valence-corrected chi connectivity index (χ3v) is 5.87. The summed E-state index contributed by atoms with van der Waals surface area (Å²) in [5, 5.41) is 12.7. The van der Waals surface area contributed by atoms with Crippen LogP contribution in [0, 0.1) is 23.4 Å². The van der Waals surface area contributed by atoms with Crippen LogP contribution in [-0.4, -0.2) is 39.5 Å². The normalized spacial score (nSPS) is 20.3. The van der Waals surface area contributed by atoms with E-state index in [2.05, 4.69) is 5.32 Å². The Kier molecular flexibility index (Phi) is 5.24. The summed E-state index contributed by atoms with van der Waals surface area (Å²) in [6.45, 7) is 2.31. The summed E-state index contributed by atoms with van der Waals surface area (Å²) >= 11 is 0. The predicted octanol–water partition coefficient (Wildman–Crippen LogP) is 2.33. The van der Waals surface area contributed by atoms with Crippen LogP contribution >= 0.6 is 0 Å². The Morgan fingerprint density at radius 1 is 1.23 bits per heavy atom. The molecule has 2 aliphatic heterocycles. The highest BCUT2D eigenvalue weighted by atomic mass is 19.1. The SMILES string of the molecule is CC1CCN2C[C@H](C1)n1cc(C(=O)NCc3c(F)cc(F)cc3F)c(=O)c(O)c1C2=O. The molecule has 2 aromatic rings. The fourth-order valence-electron chi connectivity index (χ4n) is 4.20. The number of amides is 2. The van der Waals surface area contributed by atoms with Gasteiger partial charge in [-0.2, -0.15) is 0 Å². The van der Waals surface area contributed by atoms with Gasteiger partial charge in [-0.1, -0.05) is 6.92 Å².